The molecule has 4 heteroatoms. The van der Waals surface area contributed by atoms with Crippen LogP contribution < -0.4 is 5.32 Å². The van der Waals surface area contributed by atoms with E-state index in [0.29, 0.717) is 5.92 Å². The van der Waals surface area contributed by atoms with Crippen molar-refractivity contribution < 1.29 is 9.53 Å². The summed E-state index contributed by atoms with van der Waals surface area (Å²) in [4.78, 5) is 13.7. The number of nitrogens with one attached hydrogen (secondary N) is 1. The van der Waals surface area contributed by atoms with Crippen molar-refractivity contribution in [2.75, 3.05) is 20.1 Å². The zero-order chi connectivity index (χ0) is 11.6. The van der Waals surface area contributed by atoms with E-state index in [1.807, 2.05) is 20.8 Å². The van der Waals surface area contributed by atoms with Crippen LogP contribution in [0.25, 0.3) is 0 Å². The topological polar surface area (TPSA) is 41.6 Å². The predicted molar refractivity (Wildman–Crippen MR) is 59.8 cm³/mol. The maximum absolute atomic E-state index is 11.5. The van der Waals surface area contributed by atoms with Crippen molar-refractivity contribution in [3.63, 3.8) is 0 Å². The zero-order valence-electron chi connectivity index (χ0n) is 10.3. The Hall–Kier alpha value is -0.770. The summed E-state index contributed by atoms with van der Waals surface area (Å²) in [6.07, 6.45) is -0.311. The Kier molecular flexibility index (Phi) is 3.60. The highest BCUT2D eigenvalue weighted by Crippen LogP contribution is 2.15. The van der Waals surface area contributed by atoms with E-state index in [4.69, 9.17) is 4.74 Å². The van der Waals surface area contributed by atoms with Crippen molar-refractivity contribution in [1.82, 2.24) is 10.2 Å². The van der Waals surface area contributed by atoms with Crippen LogP contribution in [0.1, 0.15) is 27.7 Å². The number of hydrogen-bond acceptors (Lipinski definition) is 3. The molecular weight excluding hydrogens is 192 g/mol. The van der Waals surface area contributed by atoms with Crippen LogP contribution in [0.5, 0.6) is 0 Å². The van der Waals surface area contributed by atoms with E-state index in [2.05, 4.69) is 24.2 Å². The molecule has 1 saturated heterocycles. The summed E-state index contributed by atoms with van der Waals surface area (Å²) in [5, 5.41) is 2.91. The molecule has 1 amide bonds. The molecular formula is C11H22N2O2. The number of likely N-dealkylation sites (N-methyl/N-ethyl adjacent to an activating group) is 1. The molecule has 0 aromatic rings. The van der Waals surface area contributed by atoms with Crippen LogP contribution in [0.4, 0.5) is 4.79 Å². The van der Waals surface area contributed by atoms with Crippen LogP contribution in [-0.2, 0) is 4.74 Å². The Morgan fingerprint density at radius 2 is 2.00 bits per heavy atom. The lowest BCUT2D eigenvalue weighted by atomic mass is 10.1. The Balaban J connectivity index is 2.39. The van der Waals surface area contributed by atoms with Gasteiger partial charge in [0.15, 0.2) is 0 Å². The molecule has 15 heavy (non-hydrogen) atoms. The Morgan fingerprint density at radius 1 is 1.40 bits per heavy atom. The molecule has 0 bridgehead atoms. The fourth-order valence-corrected chi connectivity index (χ4v) is 1.86. The monoisotopic (exact) mass is 214 g/mol. The molecule has 1 aliphatic heterocycles. The Bertz CT molecular complexity index is 235. The van der Waals surface area contributed by atoms with Gasteiger partial charge in [0, 0.05) is 19.1 Å². The van der Waals surface area contributed by atoms with Gasteiger partial charge in [-0.15, -0.1) is 0 Å². The number of rotatable bonds is 1. The minimum absolute atomic E-state index is 0.213. The molecule has 1 N–H and O–H groups in total. The molecule has 0 aromatic carbocycles. The Morgan fingerprint density at radius 3 is 2.40 bits per heavy atom. The number of carbonyl (C=O) groups is 1. The number of nitrogens with zero attached hydrogens (tertiary/aromatic N) is 1. The highest BCUT2D eigenvalue weighted by molar-refractivity contribution is 5.68. The normalized spacial score (nSPS) is 27.8. The van der Waals surface area contributed by atoms with Gasteiger partial charge < -0.3 is 15.0 Å². The maximum Gasteiger partial charge on any atom is 0.407 e. The quantitative estimate of drug-likeness (QED) is 0.718. The minimum atomic E-state index is -0.419. The third-order valence-corrected chi connectivity index (χ3v) is 2.50. The average molecular weight is 214 g/mol. The SMILES string of the molecule is CC1CN(C)CC1NC(=O)OC(C)(C)C. The molecule has 1 fully saturated rings. The van der Waals surface area contributed by atoms with E-state index in [1.54, 1.807) is 0 Å². The van der Waals surface area contributed by atoms with Gasteiger partial charge in [0.25, 0.3) is 0 Å². The molecule has 0 saturated carbocycles. The van der Waals surface area contributed by atoms with Gasteiger partial charge in [-0.05, 0) is 33.7 Å². The number of ether oxygens (including phenoxy) is 1. The number of alkyl carbamates (subject to hydrolysis) is 1. The Labute approximate surface area is 92.0 Å². The highest BCUT2D eigenvalue weighted by Gasteiger charge is 2.29. The second-order valence-corrected chi connectivity index (χ2v) is 5.45. The molecule has 4 nitrogen and oxygen atoms in total. The molecule has 2 atom stereocenters. The fourth-order valence-electron chi connectivity index (χ4n) is 1.86. The molecule has 1 heterocycles. The summed E-state index contributed by atoms with van der Waals surface area (Å²) >= 11 is 0. The van der Waals surface area contributed by atoms with Crippen molar-refractivity contribution in [2.45, 2.75) is 39.3 Å². The number of amides is 1. The lowest BCUT2D eigenvalue weighted by Crippen LogP contribution is -2.42. The van der Waals surface area contributed by atoms with E-state index in [-0.39, 0.29) is 12.1 Å². The minimum Gasteiger partial charge on any atom is -0.444 e. The van der Waals surface area contributed by atoms with Crippen LogP contribution in [0, 0.1) is 5.92 Å². The van der Waals surface area contributed by atoms with Crippen molar-refractivity contribution in [3.8, 4) is 0 Å². The number of carbonyl (C=O) groups excluding carboxylic acids is 1. The molecule has 88 valence electrons. The second-order valence-electron chi connectivity index (χ2n) is 5.45. The zero-order valence-corrected chi connectivity index (χ0v) is 10.3. The first-order valence-corrected chi connectivity index (χ1v) is 5.46. The summed E-state index contributed by atoms with van der Waals surface area (Å²) in [7, 11) is 2.06. The molecule has 0 radical (unpaired) electrons. The van der Waals surface area contributed by atoms with Gasteiger partial charge >= 0.3 is 6.09 Å². The number of likely N-dealkylation sites (tertiary alicyclic amines) is 1. The fraction of sp³-hybridized carbons (Fsp3) is 0.909. The lowest BCUT2D eigenvalue weighted by molar-refractivity contribution is 0.0498. The van der Waals surface area contributed by atoms with Gasteiger partial charge in [-0.3, -0.25) is 0 Å². The van der Waals surface area contributed by atoms with Crippen LogP contribution in [0.2, 0.25) is 0 Å². The van der Waals surface area contributed by atoms with E-state index in [1.165, 1.54) is 0 Å². The van der Waals surface area contributed by atoms with Crippen LogP contribution in [-0.4, -0.2) is 42.8 Å². The smallest absolute Gasteiger partial charge is 0.407 e. The first-order valence-electron chi connectivity index (χ1n) is 5.46. The van der Waals surface area contributed by atoms with Crippen LogP contribution in [0.15, 0.2) is 0 Å². The van der Waals surface area contributed by atoms with Gasteiger partial charge in [-0.1, -0.05) is 6.92 Å². The van der Waals surface area contributed by atoms with Gasteiger partial charge in [0.05, 0.1) is 0 Å². The molecule has 0 spiro atoms. The second kappa shape index (κ2) is 4.39. The average Bonchev–Trinajstić information content (AvgIpc) is 2.25. The molecule has 0 aliphatic carbocycles. The summed E-state index contributed by atoms with van der Waals surface area (Å²) in [5.74, 6) is 0.488. The standard InChI is InChI=1S/C11H22N2O2/c1-8-6-13(5)7-9(8)12-10(14)15-11(2,3)4/h8-9H,6-7H2,1-5H3,(H,12,14). The van der Waals surface area contributed by atoms with Gasteiger partial charge in [-0.25, -0.2) is 4.79 Å². The maximum atomic E-state index is 11.5. The van der Waals surface area contributed by atoms with Crippen molar-refractivity contribution in [3.05, 3.63) is 0 Å². The van der Waals surface area contributed by atoms with Gasteiger partial charge in [0.2, 0.25) is 0 Å². The third-order valence-electron chi connectivity index (χ3n) is 2.50. The molecule has 1 aliphatic rings. The van der Waals surface area contributed by atoms with Crippen LogP contribution in [0.3, 0.4) is 0 Å². The van der Waals surface area contributed by atoms with Crippen molar-refractivity contribution >= 4 is 6.09 Å². The van der Waals surface area contributed by atoms with E-state index in [0.717, 1.165) is 13.1 Å². The van der Waals surface area contributed by atoms with E-state index < -0.39 is 5.60 Å². The van der Waals surface area contributed by atoms with Gasteiger partial charge in [-0.2, -0.15) is 0 Å². The van der Waals surface area contributed by atoms with Gasteiger partial charge in [0.1, 0.15) is 5.60 Å². The summed E-state index contributed by atoms with van der Waals surface area (Å²) in [6.45, 7) is 9.69. The first-order chi connectivity index (χ1) is 6.78. The lowest BCUT2D eigenvalue weighted by Gasteiger charge is -2.23. The summed E-state index contributed by atoms with van der Waals surface area (Å²) < 4.78 is 5.21. The highest BCUT2D eigenvalue weighted by atomic mass is 16.6. The van der Waals surface area contributed by atoms with E-state index >= 15 is 0 Å². The van der Waals surface area contributed by atoms with Crippen molar-refractivity contribution in [2.24, 2.45) is 5.92 Å². The van der Waals surface area contributed by atoms with Crippen LogP contribution >= 0.6 is 0 Å². The largest absolute Gasteiger partial charge is 0.444 e. The predicted octanol–water partition coefficient (Wildman–Crippen LogP) is 1.46. The molecule has 0 aromatic heterocycles. The van der Waals surface area contributed by atoms with E-state index in [9.17, 15) is 4.79 Å². The molecule has 2 unspecified atom stereocenters. The third kappa shape index (κ3) is 4.08. The first kappa shape index (κ1) is 12.3. The summed E-state index contributed by atoms with van der Waals surface area (Å²) in [5.41, 5.74) is -0.419. The molecule has 1 rings (SSSR count). The number of hydrogen-bond donors (Lipinski definition) is 1. The van der Waals surface area contributed by atoms with Crippen molar-refractivity contribution in [1.29, 1.82) is 0 Å². The summed E-state index contributed by atoms with van der Waals surface area (Å²) in [6, 6.07) is 0.213.